The highest BCUT2D eigenvalue weighted by atomic mass is 32.1. The van der Waals surface area contributed by atoms with Crippen LogP contribution in [-0.2, 0) is 4.79 Å². The number of thiazole rings is 1. The van der Waals surface area contributed by atoms with E-state index in [1.54, 1.807) is 6.20 Å². The summed E-state index contributed by atoms with van der Waals surface area (Å²) < 4.78 is 5.87. The first-order chi connectivity index (χ1) is 16.1. The predicted molar refractivity (Wildman–Crippen MR) is 128 cm³/mol. The Hall–Kier alpha value is -3.23. The smallest absolute Gasteiger partial charge is 0.282 e. The molecule has 3 aromatic rings. The number of carbonyl (C=O) groups excluding carboxylic acids is 2. The molecule has 7 nitrogen and oxygen atoms in total. The van der Waals surface area contributed by atoms with E-state index in [9.17, 15) is 9.59 Å². The van der Waals surface area contributed by atoms with E-state index in [1.807, 2.05) is 76.7 Å². The van der Waals surface area contributed by atoms with E-state index in [2.05, 4.69) is 9.88 Å². The summed E-state index contributed by atoms with van der Waals surface area (Å²) >= 11 is 1.37. The van der Waals surface area contributed by atoms with Gasteiger partial charge in [0, 0.05) is 56.0 Å². The highest BCUT2D eigenvalue weighted by Crippen LogP contribution is 2.31. The van der Waals surface area contributed by atoms with Gasteiger partial charge < -0.3 is 14.5 Å². The molecule has 1 aromatic heterocycles. The number of anilines is 1. The molecule has 0 spiro atoms. The van der Waals surface area contributed by atoms with Gasteiger partial charge in [-0.15, -0.1) is 11.3 Å². The number of nitrogens with zero attached hydrogens (tertiary/aromatic N) is 4. The molecule has 2 unspecified atom stereocenters. The van der Waals surface area contributed by atoms with Crippen molar-refractivity contribution in [1.82, 2.24) is 14.8 Å². The van der Waals surface area contributed by atoms with Crippen LogP contribution in [0.5, 0.6) is 11.5 Å². The molecule has 0 bridgehead atoms. The third-order valence-corrected chi connectivity index (χ3v) is 7.18. The van der Waals surface area contributed by atoms with Crippen molar-refractivity contribution in [1.29, 1.82) is 0 Å². The second-order valence-corrected chi connectivity index (χ2v) is 9.27. The average molecular weight is 463 g/mol. The molecule has 3 heterocycles. The maximum Gasteiger partial charge on any atom is 0.282 e. The number of aromatic nitrogens is 1. The minimum atomic E-state index is -0.0912. The molecule has 2 atom stereocenters. The van der Waals surface area contributed by atoms with Gasteiger partial charge >= 0.3 is 0 Å². The molecule has 33 heavy (non-hydrogen) atoms. The third kappa shape index (κ3) is 4.49. The van der Waals surface area contributed by atoms with Gasteiger partial charge in [0.15, 0.2) is 5.01 Å². The van der Waals surface area contributed by atoms with Crippen LogP contribution in [0.3, 0.4) is 0 Å². The number of benzene rings is 2. The molecule has 5 rings (SSSR count). The van der Waals surface area contributed by atoms with Crippen molar-refractivity contribution in [2.45, 2.75) is 13.0 Å². The maximum absolute atomic E-state index is 13.1. The van der Waals surface area contributed by atoms with Crippen LogP contribution < -0.4 is 9.64 Å². The third-order valence-electron chi connectivity index (χ3n) is 6.42. The molecular weight excluding hydrogens is 436 g/mol. The van der Waals surface area contributed by atoms with Crippen molar-refractivity contribution in [3.63, 3.8) is 0 Å². The lowest BCUT2D eigenvalue weighted by molar-refractivity contribution is -0.120. The van der Waals surface area contributed by atoms with Gasteiger partial charge in [-0.1, -0.05) is 25.1 Å². The molecule has 2 aliphatic heterocycles. The van der Waals surface area contributed by atoms with Gasteiger partial charge in [0.25, 0.3) is 5.91 Å². The fraction of sp³-hybridized carbons (Fsp3) is 0.320. The second kappa shape index (κ2) is 9.33. The lowest BCUT2D eigenvalue weighted by Gasteiger charge is -2.38. The van der Waals surface area contributed by atoms with E-state index >= 15 is 0 Å². The summed E-state index contributed by atoms with van der Waals surface area (Å²) in [4.78, 5) is 35.8. The molecule has 170 valence electrons. The van der Waals surface area contributed by atoms with Crippen LogP contribution in [0.25, 0.3) is 0 Å². The van der Waals surface area contributed by atoms with Crippen LogP contribution in [0.1, 0.15) is 16.7 Å². The van der Waals surface area contributed by atoms with E-state index < -0.39 is 0 Å². The second-order valence-electron chi connectivity index (χ2n) is 8.38. The number of amides is 2. The number of ether oxygens (including phenoxy) is 1. The molecule has 2 aromatic carbocycles. The Morgan fingerprint density at radius 3 is 2.36 bits per heavy atom. The highest BCUT2D eigenvalue weighted by molar-refractivity contribution is 7.11. The summed E-state index contributed by atoms with van der Waals surface area (Å²) in [5.41, 5.74) is 0.882. The van der Waals surface area contributed by atoms with Crippen LogP contribution in [-0.4, -0.2) is 65.4 Å². The number of hydrogen-bond donors (Lipinski definition) is 0. The van der Waals surface area contributed by atoms with Crippen molar-refractivity contribution in [3.8, 4) is 11.5 Å². The van der Waals surface area contributed by atoms with E-state index in [0.717, 1.165) is 30.3 Å². The molecule has 2 fully saturated rings. The largest absolute Gasteiger partial charge is 0.457 e. The molecule has 0 N–H and O–H groups in total. The van der Waals surface area contributed by atoms with E-state index in [4.69, 9.17) is 4.74 Å². The molecule has 0 radical (unpaired) electrons. The van der Waals surface area contributed by atoms with E-state index in [1.165, 1.54) is 11.3 Å². The van der Waals surface area contributed by atoms with Crippen LogP contribution in [0.15, 0.2) is 66.2 Å². The van der Waals surface area contributed by atoms with Crippen molar-refractivity contribution >= 4 is 28.8 Å². The quantitative estimate of drug-likeness (QED) is 0.578. The van der Waals surface area contributed by atoms with Crippen LogP contribution in [0.2, 0.25) is 0 Å². The first-order valence-corrected chi connectivity index (χ1v) is 12.1. The van der Waals surface area contributed by atoms with Crippen LogP contribution in [0.4, 0.5) is 5.69 Å². The average Bonchev–Trinajstić information content (AvgIpc) is 3.49. The molecule has 2 aliphatic rings. The predicted octanol–water partition coefficient (Wildman–Crippen LogP) is 3.74. The molecule has 2 saturated heterocycles. The minimum Gasteiger partial charge on any atom is -0.457 e. The summed E-state index contributed by atoms with van der Waals surface area (Å²) in [7, 11) is 0. The summed E-state index contributed by atoms with van der Waals surface area (Å²) in [6, 6.07) is 17.5. The van der Waals surface area contributed by atoms with Crippen molar-refractivity contribution < 1.29 is 14.3 Å². The van der Waals surface area contributed by atoms with Gasteiger partial charge in [0.1, 0.15) is 11.5 Å². The fourth-order valence-electron chi connectivity index (χ4n) is 4.55. The van der Waals surface area contributed by atoms with Gasteiger partial charge in [-0.05, 0) is 36.4 Å². The van der Waals surface area contributed by atoms with E-state index in [-0.39, 0.29) is 23.8 Å². The zero-order valence-corrected chi connectivity index (χ0v) is 19.3. The van der Waals surface area contributed by atoms with Gasteiger partial charge in [-0.2, -0.15) is 0 Å². The zero-order valence-electron chi connectivity index (χ0n) is 18.5. The summed E-state index contributed by atoms with van der Waals surface area (Å²) in [5, 5.41) is 2.36. The monoisotopic (exact) mass is 462 g/mol. The van der Waals surface area contributed by atoms with Gasteiger partial charge in [0.2, 0.25) is 5.91 Å². The van der Waals surface area contributed by atoms with Crippen LogP contribution in [0, 0.1) is 5.92 Å². The molecule has 8 heteroatoms. The topological polar surface area (TPSA) is 66.0 Å². The summed E-state index contributed by atoms with van der Waals surface area (Å²) in [5.74, 6) is 1.56. The Bertz CT molecular complexity index is 1100. The fourth-order valence-corrected chi connectivity index (χ4v) is 5.15. The Kier molecular flexibility index (Phi) is 6.11. The molecule has 2 amide bonds. The Morgan fingerprint density at radius 2 is 1.70 bits per heavy atom. The van der Waals surface area contributed by atoms with Crippen LogP contribution >= 0.6 is 11.3 Å². The van der Waals surface area contributed by atoms with Gasteiger partial charge in [-0.3, -0.25) is 14.5 Å². The Labute approximate surface area is 197 Å². The standard InChI is InChI=1S/C25H26N4O3S/c1-18-22(27-12-14-28(15-13-27)25(31)23-26-11-16-33-23)17-29(24(18)30)19-7-9-21(10-8-19)32-20-5-3-2-4-6-20/h2-11,16,18,22H,12-15,17H2,1H3. The number of hydrogen-bond acceptors (Lipinski definition) is 6. The van der Waals surface area contributed by atoms with Crippen molar-refractivity contribution in [2.75, 3.05) is 37.6 Å². The highest BCUT2D eigenvalue weighted by Gasteiger charge is 2.42. The number of piperazine rings is 1. The number of carbonyl (C=O) groups is 2. The molecule has 0 aliphatic carbocycles. The normalized spacial score (nSPS) is 21.4. The van der Waals surface area contributed by atoms with Gasteiger partial charge in [0.05, 0.1) is 5.92 Å². The number of para-hydroxylation sites is 1. The number of rotatable bonds is 5. The van der Waals surface area contributed by atoms with E-state index in [0.29, 0.717) is 24.6 Å². The van der Waals surface area contributed by atoms with Crippen molar-refractivity contribution in [3.05, 3.63) is 71.2 Å². The molecular formula is C25H26N4O3S. The minimum absolute atomic E-state index is 0.000338. The first-order valence-electron chi connectivity index (χ1n) is 11.2. The first kappa shape index (κ1) is 21.6. The van der Waals surface area contributed by atoms with Crippen molar-refractivity contribution in [2.24, 2.45) is 5.92 Å². The lowest BCUT2D eigenvalue weighted by Crippen LogP contribution is -2.53. The summed E-state index contributed by atoms with van der Waals surface area (Å²) in [6.45, 7) is 5.49. The lowest BCUT2D eigenvalue weighted by atomic mass is 10.0. The maximum atomic E-state index is 13.1. The Morgan fingerprint density at radius 1 is 1.00 bits per heavy atom. The molecule has 0 saturated carbocycles. The summed E-state index contributed by atoms with van der Waals surface area (Å²) in [6.07, 6.45) is 1.66. The SMILES string of the molecule is CC1C(=O)N(c2ccc(Oc3ccccc3)cc2)CC1N1CCN(C(=O)c2nccs2)CC1. The Balaban J connectivity index is 1.21. The zero-order chi connectivity index (χ0) is 22.8. The van der Waals surface area contributed by atoms with Gasteiger partial charge in [-0.25, -0.2) is 4.98 Å².